The SMILES string of the molecule is Cn1nc(OCC2C[C@H]2c2nn(C)c3ccccc23)cc(Br)c1=O. The Morgan fingerprint density at radius 3 is 2.83 bits per heavy atom. The van der Waals surface area contributed by atoms with Crippen molar-refractivity contribution in [3.8, 4) is 5.88 Å². The first-order valence-corrected chi connectivity index (χ1v) is 8.62. The molecule has 0 spiro atoms. The first-order chi connectivity index (χ1) is 11.5. The van der Waals surface area contributed by atoms with Crippen LogP contribution in [-0.2, 0) is 14.1 Å². The van der Waals surface area contributed by atoms with E-state index >= 15 is 0 Å². The molecule has 3 aromatic rings. The number of para-hydroxylation sites is 1. The van der Waals surface area contributed by atoms with Crippen LogP contribution in [0.5, 0.6) is 5.88 Å². The van der Waals surface area contributed by atoms with Crippen molar-refractivity contribution in [3.63, 3.8) is 0 Å². The Labute approximate surface area is 147 Å². The van der Waals surface area contributed by atoms with Crippen LogP contribution >= 0.6 is 15.9 Å². The van der Waals surface area contributed by atoms with Crippen molar-refractivity contribution in [2.45, 2.75) is 12.3 Å². The van der Waals surface area contributed by atoms with Crippen molar-refractivity contribution in [1.29, 1.82) is 0 Å². The molecule has 1 fully saturated rings. The molecule has 1 aliphatic carbocycles. The van der Waals surface area contributed by atoms with E-state index in [-0.39, 0.29) is 5.56 Å². The molecule has 0 aliphatic heterocycles. The van der Waals surface area contributed by atoms with Crippen LogP contribution in [0.4, 0.5) is 0 Å². The van der Waals surface area contributed by atoms with Crippen molar-refractivity contribution in [2.24, 2.45) is 20.0 Å². The lowest BCUT2D eigenvalue weighted by atomic mass is 10.1. The molecule has 6 nitrogen and oxygen atoms in total. The summed E-state index contributed by atoms with van der Waals surface area (Å²) in [6, 6.07) is 9.92. The Balaban J connectivity index is 1.48. The molecule has 2 heterocycles. The second-order valence-corrected chi connectivity index (χ2v) is 7.05. The summed E-state index contributed by atoms with van der Waals surface area (Å²) in [6.07, 6.45) is 1.06. The number of hydrogen-bond acceptors (Lipinski definition) is 4. The van der Waals surface area contributed by atoms with Crippen molar-refractivity contribution in [3.05, 3.63) is 50.9 Å². The van der Waals surface area contributed by atoms with Gasteiger partial charge >= 0.3 is 0 Å². The van der Waals surface area contributed by atoms with Crippen LogP contribution in [0.1, 0.15) is 18.0 Å². The number of benzene rings is 1. The van der Waals surface area contributed by atoms with Crippen LogP contribution in [0.15, 0.2) is 39.6 Å². The van der Waals surface area contributed by atoms with E-state index in [1.807, 2.05) is 23.9 Å². The zero-order valence-electron chi connectivity index (χ0n) is 13.4. The quantitative estimate of drug-likeness (QED) is 0.688. The summed E-state index contributed by atoms with van der Waals surface area (Å²) in [5, 5.41) is 10.0. The molecule has 0 bridgehead atoms. The highest BCUT2D eigenvalue weighted by molar-refractivity contribution is 9.10. The minimum atomic E-state index is -0.174. The third kappa shape index (κ3) is 2.62. The highest BCUT2D eigenvalue weighted by Gasteiger charge is 2.41. The lowest BCUT2D eigenvalue weighted by Gasteiger charge is -2.06. The second-order valence-electron chi connectivity index (χ2n) is 6.20. The van der Waals surface area contributed by atoms with Crippen molar-refractivity contribution < 1.29 is 4.74 Å². The molecule has 1 aromatic carbocycles. The molecular formula is C17H17BrN4O2. The van der Waals surface area contributed by atoms with Crippen LogP contribution in [0, 0.1) is 5.92 Å². The molecule has 1 unspecified atom stereocenters. The highest BCUT2D eigenvalue weighted by atomic mass is 79.9. The van der Waals surface area contributed by atoms with Gasteiger partial charge < -0.3 is 4.74 Å². The highest BCUT2D eigenvalue weighted by Crippen LogP contribution is 2.48. The fourth-order valence-electron chi connectivity index (χ4n) is 3.09. The lowest BCUT2D eigenvalue weighted by molar-refractivity contribution is 0.277. The Bertz CT molecular complexity index is 952. The predicted molar refractivity (Wildman–Crippen MR) is 94.2 cm³/mol. The van der Waals surface area contributed by atoms with Gasteiger partial charge in [0.05, 0.1) is 22.3 Å². The molecule has 24 heavy (non-hydrogen) atoms. The van der Waals surface area contributed by atoms with Crippen molar-refractivity contribution >= 4 is 26.8 Å². The van der Waals surface area contributed by atoms with Gasteiger partial charge in [0, 0.05) is 37.4 Å². The summed E-state index contributed by atoms with van der Waals surface area (Å²) >= 11 is 3.23. The minimum absolute atomic E-state index is 0.174. The summed E-state index contributed by atoms with van der Waals surface area (Å²) < 4.78 is 9.45. The van der Waals surface area contributed by atoms with Crippen LogP contribution in [0.2, 0.25) is 0 Å². The largest absolute Gasteiger partial charge is 0.476 e. The maximum absolute atomic E-state index is 11.6. The monoisotopic (exact) mass is 388 g/mol. The van der Waals surface area contributed by atoms with Gasteiger partial charge in [0.15, 0.2) is 0 Å². The lowest BCUT2D eigenvalue weighted by Crippen LogP contribution is -2.20. The summed E-state index contributed by atoms with van der Waals surface area (Å²) in [7, 11) is 3.59. The third-order valence-corrected chi connectivity index (χ3v) is 5.07. The molecule has 0 radical (unpaired) electrons. The Morgan fingerprint density at radius 2 is 2.04 bits per heavy atom. The predicted octanol–water partition coefficient (Wildman–Crippen LogP) is 2.61. The molecule has 1 saturated carbocycles. The van der Waals surface area contributed by atoms with Gasteiger partial charge in [-0.3, -0.25) is 9.48 Å². The van der Waals surface area contributed by atoms with E-state index in [0.717, 1.165) is 17.6 Å². The van der Waals surface area contributed by atoms with Gasteiger partial charge in [-0.1, -0.05) is 18.2 Å². The second kappa shape index (κ2) is 5.73. The topological polar surface area (TPSA) is 61.9 Å². The van der Waals surface area contributed by atoms with Crippen LogP contribution in [0.25, 0.3) is 10.9 Å². The number of ether oxygens (including phenoxy) is 1. The average Bonchev–Trinajstić information content (AvgIpc) is 3.27. The zero-order chi connectivity index (χ0) is 16.8. The zero-order valence-corrected chi connectivity index (χ0v) is 15.0. The third-order valence-electron chi connectivity index (χ3n) is 4.50. The van der Waals surface area contributed by atoms with Gasteiger partial charge in [-0.25, -0.2) is 4.68 Å². The van der Waals surface area contributed by atoms with Gasteiger partial charge in [0.1, 0.15) is 0 Å². The van der Waals surface area contributed by atoms with Gasteiger partial charge in [-0.05, 0) is 28.4 Å². The summed E-state index contributed by atoms with van der Waals surface area (Å²) in [6.45, 7) is 0.577. The molecular weight excluding hydrogens is 372 g/mol. The minimum Gasteiger partial charge on any atom is -0.476 e. The fourth-order valence-corrected chi connectivity index (χ4v) is 3.54. The first-order valence-electron chi connectivity index (χ1n) is 7.83. The number of aryl methyl sites for hydroxylation is 2. The molecule has 4 rings (SSSR count). The molecule has 0 saturated heterocycles. The Kier molecular flexibility index (Phi) is 3.68. The number of halogens is 1. The van der Waals surface area contributed by atoms with Crippen LogP contribution in [-0.4, -0.2) is 26.2 Å². The van der Waals surface area contributed by atoms with Crippen LogP contribution < -0.4 is 10.3 Å². The Hall–Kier alpha value is -2.15. The molecule has 0 amide bonds. The van der Waals surface area contributed by atoms with Gasteiger partial charge in [-0.2, -0.15) is 5.10 Å². The molecule has 124 valence electrons. The van der Waals surface area contributed by atoms with E-state index in [2.05, 4.69) is 38.3 Å². The summed E-state index contributed by atoms with van der Waals surface area (Å²) in [5.41, 5.74) is 2.13. The fraction of sp³-hybridized carbons (Fsp3) is 0.353. The number of fused-ring (bicyclic) bond motifs is 1. The number of nitrogens with zero attached hydrogens (tertiary/aromatic N) is 4. The average molecular weight is 389 g/mol. The molecule has 0 N–H and O–H groups in total. The molecule has 7 heteroatoms. The van der Waals surface area contributed by atoms with E-state index in [9.17, 15) is 4.79 Å². The van der Waals surface area contributed by atoms with E-state index < -0.39 is 0 Å². The Morgan fingerprint density at radius 1 is 1.25 bits per heavy atom. The standard InChI is InChI=1S/C17H17BrN4O2/c1-21-14-6-4-3-5-11(14)16(20-21)12-7-10(12)9-24-15-8-13(18)17(23)22(2)19-15/h3-6,8,10,12H,7,9H2,1-2H3/t10?,12-/m1/s1. The smallest absolute Gasteiger partial charge is 0.281 e. The van der Waals surface area contributed by atoms with E-state index in [1.54, 1.807) is 13.1 Å². The van der Waals surface area contributed by atoms with Crippen molar-refractivity contribution in [1.82, 2.24) is 19.6 Å². The van der Waals surface area contributed by atoms with Crippen molar-refractivity contribution in [2.75, 3.05) is 6.61 Å². The van der Waals surface area contributed by atoms with E-state index in [4.69, 9.17) is 4.74 Å². The van der Waals surface area contributed by atoms with Gasteiger partial charge in [0.2, 0.25) is 5.88 Å². The maximum Gasteiger partial charge on any atom is 0.281 e. The number of hydrogen-bond donors (Lipinski definition) is 0. The summed E-state index contributed by atoms with van der Waals surface area (Å²) in [4.78, 5) is 11.6. The van der Waals surface area contributed by atoms with E-state index in [1.165, 1.54) is 10.1 Å². The maximum atomic E-state index is 11.6. The molecule has 2 aromatic heterocycles. The van der Waals surface area contributed by atoms with Crippen LogP contribution in [0.3, 0.4) is 0 Å². The van der Waals surface area contributed by atoms with Gasteiger partial charge in [0.25, 0.3) is 5.56 Å². The molecule has 2 atom stereocenters. The number of aromatic nitrogens is 4. The summed E-state index contributed by atoms with van der Waals surface area (Å²) in [5.74, 6) is 1.31. The van der Waals surface area contributed by atoms with E-state index in [0.29, 0.717) is 28.8 Å². The number of rotatable bonds is 4. The molecule has 1 aliphatic rings. The first kappa shape index (κ1) is 15.4. The normalized spacial score (nSPS) is 19.6. The van der Waals surface area contributed by atoms with Gasteiger partial charge in [-0.15, -0.1) is 5.10 Å².